The molecule has 0 spiro atoms. The second kappa shape index (κ2) is 11.3. The highest BCUT2D eigenvalue weighted by Gasteiger charge is 2.43. The molecule has 1 N–H and O–H groups in total. The van der Waals surface area contributed by atoms with Crippen LogP contribution in [0.2, 0.25) is 0 Å². The maximum atomic E-state index is 13.7. The van der Waals surface area contributed by atoms with Crippen molar-refractivity contribution in [2.75, 3.05) is 46.2 Å². The molecule has 2 aliphatic heterocycles. The normalized spacial score (nSPS) is 21.1. The van der Waals surface area contributed by atoms with Gasteiger partial charge in [0.05, 0.1) is 14.2 Å². The van der Waals surface area contributed by atoms with Crippen LogP contribution in [0.25, 0.3) is 0 Å². The van der Waals surface area contributed by atoms with E-state index >= 15 is 0 Å². The molecule has 178 valence electrons. The van der Waals surface area contributed by atoms with E-state index in [1.165, 1.54) is 19.3 Å². The SMILES string of the molecule is COc1ccc(C(=O)N2C(C(=O)NCCN3CCCCC3)CSC2c2cccs2)cc1OC. The summed E-state index contributed by atoms with van der Waals surface area (Å²) in [5.74, 6) is 1.34. The average molecular weight is 490 g/mol. The molecule has 0 saturated carbocycles. The maximum absolute atomic E-state index is 13.7. The number of benzene rings is 1. The highest BCUT2D eigenvalue weighted by Crippen LogP contribution is 2.44. The molecule has 0 bridgehead atoms. The third kappa shape index (κ3) is 5.47. The standard InChI is InChI=1S/C24H31N3O4S2/c1-30-19-9-8-17(15-20(19)31-2)23(29)27-18(16-33-24(27)21-7-6-14-32-21)22(28)25-10-13-26-11-4-3-5-12-26/h6-9,14-15,18,24H,3-5,10-13,16H2,1-2H3,(H,25,28). The Labute approximate surface area is 203 Å². The fourth-order valence-corrected chi connectivity index (χ4v) is 6.76. The quantitative estimate of drug-likeness (QED) is 0.611. The van der Waals surface area contributed by atoms with Crippen molar-refractivity contribution in [3.63, 3.8) is 0 Å². The molecule has 33 heavy (non-hydrogen) atoms. The minimum atomic E-state index is -0.524. The van der Waals surface area contributed by atoms with Gasteiger partial charge < -0.3 is 24.6 Å². The summed E-state index contributed by atoms with van der Waals surface area (Å²) in [6.07, 6.45) is 3.74. The average Bonchev–Trinajstić information content (AvgIpc) is 3.53. The molecule has 2 saturated heterocycles. The van der Waals surface area contributed by atoms with E-state index in [1.807, 2.05) is 17.5 Å². The van der Waals surface area contributed by atoms with Gasteiger partial charge in [-0.05, 0) is 55.6 Å². The summed E-state index contributed by atoms with van der Waals surface area (Å²) < 4.78 is 10.7. The lowest BCUT2D eigenvalue weighted by Gasteiger charge is -2.29. The first kappa shape index (κ1) is 23.9. The Kier molecular flexibility index (Phi) is 8.16. The van der Waals surface area contributed by atoms with Crippen molar-refractivity contribution >= 4 is 34.9 Å². The van der Waals surface area contributed by atoms with Crippen LogP contribution in [-0.2, 0) is 4.79 Å². The summed E-state index contributed by atoms with van der Waals surface area (Å²) >= 11 is 3.24. The number of amides is 2. The van der Waals surface area contributed by atoms with E-state index in [-0.39, 0.29) is 17.2 Å². The zero-order chi connectivity index (χ0) is 23.2. The Bertz CT molecular complexity index is 947. The van der Waals surface area contributed by atoms with Crippen LogP contribution in [0.3, 0.4) is 0 Å². The van der Waals surface area contributed by atoms with Gasteiger partial charge in [0.15, 0.2) is 11.5 Å². The fraction of sp³-hybridized carbons (Fsp3) is 0.500. The van der Waals surface area contributed by atoms with Gasteiger partial charge in [0.2, 0.25) is 5.91 Å². The number of carbonyl (C=O) groups excluding carboxylic acids is 2. The number of carbonyl (C=O) groups is 2. The van der Waals surface area contributed by atoms with Crippen LogP contribution in [0.15, 0.2) is 35.7 Å². The number of thiophene rings is 1. The summed E-state index contributed by atoms with van der Waals surface area (Å²) in [4.78, 5) is 32.1. The summed E-state index contributed by atoms with van der Waals surface area (Å²) in [6, 6.07) is 8.61. The lowest BCUT2D eigenvalue weighted by atomic mass is 10.1. The van der Waals surface area contributed by atoms with Gasteiger partial charge in [-0.1, -0.05) is 12.5 Å². The van der Waals surface area contributed by atoms with Crippen LogP contribution < -0.4 is 14.8 Å². The van der Waals surface area contributed by atoms with E-state index in [2.05, 4.69) is 10.2 Å². The van der Waals surface area contributed by atoms with Gasteiger partial charge >= 0.3 is 0 Å². The number of methoxy groups -OCH3 is 2. The van der Waals surface area contributed by atoms with Gasteiger partial charge in [-0.3, -0.25) is 9.59 Å². The number of ether oxygens (including phenoxy) is 2. The van der Waals surface area contributed by atoms with Crippen LogP contribution in [0, 0.1) is 0 Å². The first-order chi connectivity index (χ1) is 16.1. The molecular weight excluding hydrogens is 458 g/mol. The molecule has 7 nitrogen and oxygen atoms in total. The lowest BCUT2D eigenvalue weighted by Crippen LogP contribution is -2.49. The van der Waals surface area contributed by atoms with Gasteiger partial charge in [0.25, 0.3) is 5.91 Å². The van der Waals surface area contributed by atoms with Crippen molar-refractivity contribution in [1.29, 1.82) is 0 Å². The topological polar surface area (TPSA) is 71.1 Å². The molecule has 2 atom stereocenters. The summed E-state index contributed by atoms with van der Waals surface area (Å²) in [7, 11) is 3.11. The minimum Gasteiger partial charge on any atom is -0.493 e. The number of likely N-dealkylation sites (tertiary alicyclic amines) is 1. The van der Waals surface area contributed by atoms with Crippen molar-refractivity contribution in [2.45, 2.75) is 30.7 Å². The Balaban J connectivity index is 1.51. The van der Waals surface area contributed by atoms with Gasteiger partial charge in [-0.25, -0.2) is 0 Å². The summed E-state index contributed by atoms with van der Waals surface area (Å²) in [5.41, 5.74) is 0.475. The van der Waals surface area contributed by atoms with Crippen molar-refractivity contribution in [1.82, 2.24) is 15.1 Å². The van der Waals surface area contributed by atoms with Crippen LogP contribution in [0.1, 0.15) is 39.9 Å². The molecule has 4 rings (SSSR count). The highest BCUT2D eigenvalue weighted by atomic mass is 32.2. The van der Waals surface area contributed by atoms with Crippen molar-refractivity contribution in [3.8, 4) is 11.5 Å². The first-order valence-electron chi connectivity index (χ1n) is 11.3. The second-order valence-electron chi connectivity index (χ2n) is 8.19. The first-order valence-corrected chi connectivity index (χ1v) is 13.2. The van der Waals surface area contributed by atoms with Crippen LogP contribution in [0.4, 0.5) is 0 Å². The number of rotatable bonds is 8. The molecule has 0 aliphatic carbocycles. The third-order valence-corrected chi connectivity index (χ3v) is 8.51. The molecule has 2 aliphatic rings. The fourth-order valence-electron chi connectivity index (χ4n) is 4.36. The maximum Gasteiger partial charge on any atom is 0.255 e. The number of hydrogen-bond acceptors (Lipinski definition) is 7. The van der Waals surface area contributed by atoms with Crippen LogP contribution in [-0.4, -0.2) is 73.8 Å². The van der Waals surface area contributed by atoms with E-state index in [9.17, 15) is 9.59 Å². The molecule has 9 heteroatoms. The number of hydrogen-bond donors (Lipinski definition) is 1. The molecule has 1 aromatic heterocycles. The third-order valence-electron chi connectivity index (χ3n) is 6.13. The highest BCUT2D eigenvalue weighted by molar-refractivity contribution is 7.99. The Morgan fingerprint density at radius 1 is 1.09 bits per heavy atom. The van der Waals surface area contributed by atoms with Crippen molar-refractivity contribution < 1.29 is 19.1 Å². The number of thioether (sulfide) groups is 1. The Hall–Kier alpha value is -2.23. The number of piperidine rings is 1. The van der Waals surface area contributed by atoms with Gasteiger partial charge in [-0.2, -0.15) is 0 Å². The van der Waals surface area contributed by atoms with E-state index in [1.54, 1.807) is 60.4 Å². The molecule has 0 radical (unpaired) electrons. The van der Waals surface area contributed by atoms with Gasteiger partial charge in [0.1, 0.15) is 11.4 Å². The van der Waals surface area contributed by atoms with E-state index in [0.29, 0.717) is 29.4 Å². The van der Waals surface area contributed by atoms with Gasteiger partial charge in [-0.15, -0.1) is 23.1 Å². The molecule has 2 amide bonds. The van der Waals surface area contributed by atoms with E-state index in [4.69, 9.17) is 9.47 Å². The smallest absolute Gasteiger partial charge is 0.255 e. The van der Waals surface area contributed by atoms with E-state index in [0.717, 1.165) is 24.5 Å². The predicted octanol–water partition coefficient (Wildman–Crippen LogP) is 3.62. The molecule has 1 aromatic carbocycles. The number of nitrogens with zero attached hydrogens (tertiary/aromatic N) is 2. The second-order valence-corrected chi connectivity index (χ2v) is 10.3. The Morgan fingerprint density at radius 3 is 2.58 bits per heavy atom. The van der Waals surface area contributed by atoms with Crippen LogP contribution >= 0.6 is 23.1 Å². The van der Waals surface area contributed by atoms with Crippen molar-refractivity contribution in [3.05, 3.63) is 46.2 Å². The molecular formula is C24H31N3O4S2. The Morgan fingerprint density at radius 2 is 1.88 bits per heavy atom. The zero-order valence-electron chi connectivity index (χ0n) is 19.1. The van der Waals surface area contributed by atoms with E-state index < -0.39 is 6.04 Å². The molecule has 3 heterocycles. The molecule has 2 aromatic rings. The lowest BCUT2D eigenvalue weighted by molar-refractivity contribution is -0.124. The summed E-state index contributed by atoms with van der Waals surface area (Å²) in [6.45, 7) is 3.64. The molecule has 2 unspecified atom stereocenters. The van der Waals surface area contributed by atoms with Gasteiger partial charge in [0, 0.05) is 29.3 Å². The largest absolute Gasteiger partial charge is 0.493 e. The minimum absolute atomic E-state index is 0.0904. The predicted molar refractivity (Wildman–Crippen MR) is 132 cm³/mol. The number of nitrogens with one attached hydrogen (secondary N) is 1. The monoisotopic (exact) mass is 489 g/mol. The zero-order valence-corrected chi connectivity index (χ0v) is 20.8. The molecule has 2 fully saturated rings. The van der Waals surface area contributed by atoms with Crippen molar-refractivity contribution in [2.24, 2.45) is 0 Å². The summed E-state index contributed by atoms with van der Waals surface area (Å²) in [5, 5.41) is 4.90. The van der Waals surface area contributed by atoms with Crippen LogP contribution in [0.5, 0.6) is 11.5 Å².